The minimum atomic E-state index is -0.202. The summed E-state index contributed by atoms with van der Waals surface area (Å²) in [6.07, 6.45) is 0. The van der Waals surface area contributed by atoms with Gasteiger partial charge in [0.15, 0.2) is 0 Å². The quantitative estimate of drug-likeness (QED) is 0.761. The fourth-order valence-corrected chi connectivity index (χ4v) is 3.63. The number of nitrogens with one attached hydrogen (secondary N) is 1. The molecule has 0 bridgehead atoms. The fraction of sp³-hybridized carbons (Fsp3) is 0.333. The molecule has 0 spiro atoms. The lowest BCUT2D eigenvalue weighted by atomic mass is 10.1. The average Bonchev–Trinajstić information content (AvgIpc) is 2.57. The van der Waals surface area contributed by atoms with Crippen LogP contribution in [-0.2, 0) is 4.79 Å². The Kier molecular flexibility index (Phi) is 6.86. The van der Waals surface area contributed by atoms with Crippen LogP contribution in [0.4, 0.5) is 5.69 Å². The summed E-state index contributed by atoms with van der Waals surface area (Å²) in [5, 5.41) is 3.30. The third kappa shape index (κ3) is 5.11. The summed E-state index contributed by atoms with van der Waals surface area (Å²) < 4.78 is 0. The summed E-state index contributed by atoms with van der Waals surface area (Å²) in [6.45, 7) is 8.10. The lowest BCUT2D eigenvalue weighted by Crippen LogP contribution is -2.35. The normalized spacial score (nSPS) is 10.7. The van der Waals surface area contributed by atoms with Crippen molar-refractivity contribution in [3.8, 4) is 0 Å². The first-order valence-corrected chi connectivity index (χ1v) is 9.54. The Labute approximate surface area is 160 Å². The molecular formula is C21H26N2O2S. The van der Waals surface area contributed by atoms with Gasteiger partial charge in [-0.1, -0.05) is 44.2 Å². The molecule has 4 nitrogen and oxygen atoms in total. The first-order chi connectivity index (χ1) is 12.3. The molecule has 0 atom stereocenters. The molecule has 0 fully saturated rings. The second-order valence-corrected chi connectivity index (χ2v) is 8.26. The van der Waals surface area contributed by atoms with Crippen LogP contribution in [0, 0.1) is 13.8 Å². The molecule has 0 aromatic heterocycles. The minimum Gasteiger partial charge on any atom is -0.332 e. The molecule has 2 aromatic rings. The number of hydrogen-bond acceptors (Lipinski definition) is 3. The van der Waals surface area contributed by atoms with Crippen LogP contribution >= 0.6 is 11.8 Å². The highest BCUT2D eigenvalue weighted by Gasteiger charge is 2.19. The molecule has 2 aromatic carbocycles. The monoisotopic (exact) mass is 370 g/mol. The molecule has 1 N–H and O–H groups in total. The number of thioether (sulfide) groups is 1. The number of carbonyl (C=O) groups is 2. The number of rotatable bonds is 6. The van der Waals surface area contributed by atoms with Gasteiger partial charge in [-0.2, -0.15) is 0 Å². The summed E-state index contributed by atoms with van der Waals surface area (Å²) in [5.74, 6) is -0.349. The minimum absolute atomic E-state index is 0.00723. The first-order valence-electron chi connectivity index (χ1n) is 8.66. The van der Waals surface area contributed by atoms with E-state index in [0.29, 0.717) is 10.8 Å². The van der Waals surface area contributed by atoms with E-state index in [2.05, 4.69) is 19.2 Å². The number of nitrogens with zero attached hydrogens (tertiary/aromatic N) is 1. The standard InChI is InChI=1S/C21H26N2O2S/c1-14(2)26-18-12-7-6-11-17(18)21(25)23(5)13-19(24)22-20-15(3)9-8-10-16(20)4/h6-12,14H,13H2,1-5H3,(H,22,24). The lowest BCUT2D eigenvalue weighted by molar-refractivity contribution is -0.116. The Hall–Kier alpha value is -2.27. The summed E-state index contributed by atoms with van der Waals surface area (Å²) in [6, 6.07) is 13.4. The molecule has 26 heavy (non-hydrogen) atoms. The zero-order chi connectivity index (χ0) is 19.3. The van der Waals surface area contributed by atoms with Crippen molar-refractivity contribution in [2.45, 2.75) is 37.8 Å². The number of carbonyl (C=O) groups excluding carboxylic acids is 2. The van der Waals surface area contributed by atoms with Crippen LogP contribution in [0.3, 0.4) is 0 Å². The Morgan fingerprint density at radius 2 is 1.65 bits per heavy atom. The van der Waals surface area contributed by atoms with E-state index in [1.54, 1.807) is 18.8 Å². The van der Waals surface area contributed by atoms with E-state index in [-0.39, 0.29) is 18.4 Å². The van der Waals surface area contributed by atoms with E-state index >= 15 is 0 Å². The third-order valence-electron chi connectivity index (χ3n) is 3.95. The summed E-state index contributed by atoms with van der Waals surface area (Å²) in [7, 11) is 1.66. The van der Waals surface area contributed by atoms with Crippen molar-refractivity contribution in [2.24, 2.45) is 0 Å². The Morgan fingerprint density at radius 1 is 1.04 bits per heavy atom. The van der Waals surface area contributed by atoms with E-state index in [9.17, 15) is 9.59 Å². The predicted octanol–water partition coefficient (Wildman–Crippen LogP) is 4.51. The second kappa shape index (κ2) is 8.90. The number of para-hydroxylation sites is 1. The van der Waals surface area contributed by atoms with Gasteiger partial charge in [-0.3, -0.25) is 9.59 Å². The van der Waals surface area contributed by atoms with Crippen LogP contribution in [0.5, 0.6) is 0 Å². The smallest absolute Gasteiger partial charge is 0.255 e. The first kappa shape index (κ1) is 20.0. The maximum atomic E-state index is 12.8. The molecule has 2 amide bonds. The highest BCUT2D eigenvalue weighted by atomic mass is 32.2. The predicted molar refractivity (Wildman–Crippen MR) is 109 cm³/mol. The molecule has 0 heterocycles. The van der Waals surface area contributed by atoms with Crippen LogP contribution in [0.1, 0.15) is 35.3 Å². The van der Waals surface area contributed by atoms with Crippen LogP contribution < -0.4 is 5.32 Å². The van der Waals surface area contributed by atoms with Crippen molar-refractivity contribution in [1.29, 1.82) is 0 Å². The van der Waals surface area contributed by atoms with Gasteiger partial charge in [0.25, 0.3) is 5.91 Å². The van der Waals surface area contributed by atoms with Crippen LogP contribution in [0.15, 0.2) is 47.4 Å². The number of aryl methyl sites for hydroxylation is 2. The van der Waals surface area contributed by atoms with Gasteiger partial charge in [-0.15, -0.1) is 11.8 Å². The maximum Gasteiger partial charge on any atom is 0.255 e. The van der Waals surface area contributed by atoms with Crippen molar-refractivity contribution < 1.29 is 9.59 Å². The lowest BCUT2D eigenvalue weighted by Gasteiger charge is -2.20. The third-order valence-corrected chi connectivity index (χ3v) is 5.03. The van der Waals surface area contributed by atoms with Crippen LogP contribution in [-0.4, -0.2) is 35.6 Å². The highest BCUT2D eigenvalue weighted by Crippen LogP contribution is 2.27. The van der Waals surface area contributed by atoms with Crippen LogP contribution in [0.25, 0.3) is 0 Å². The molecule has 0 unspecified atom stereocenters. The Bertz CT molecular complexity index is 782. The zero-order valence-corrected chi connectivity index (χ0v) is 16.8. The molecule has 138 valence electrons. The van der Waals surface area contributed by atoms with Crippen LogP contribution in [0.2, 0.25) is 0 Å². The maximum absolute atomic E-state index is 12.8. The molecular weight excluding hydrogens is 344 g/mol. The van der Waals surface area contributed by atoms with Gasteiger partial charge in [0.1, 0.15) is 0 Å². The van der Waals surface area contributed by atoms with Crippen molar-refractivity contribution in [3.63, 3.8) is 0 Å². The summed E-state index contributed by atoms with van der Waals surface area (Å²) >= 11 is 1.65. The Morgan fingerprint density at radius 3 is 2.27 bits per heavy atom. The van der Waals surface area contributed by atoms with Gasteiger partial charge in [-0.25, -0.2) is 0 Å². The van der Waals surface area contributed by atoms with Gasteiger partial charge >= 0.3 is 0 Å². The number of amides is 2. The molecule has 0 aliphatic heterocycles. The number of anilines is 1. The highest BCUT2D eigenvalue weighted by molar-refractivity contribution is 8.00. The van der Waals surface area contributed by atoms with E-state index in [0.717, 1.165) is 21.7 Å². The average molecular weight is 371 g/mol. The van der Waals surface area contributed by atoms with Crippen molar-refractivity contribution in [1.82, 2.24) is 4.90 Å². The molecule has 0 radical (unpaired) electrons. The van der Waals surface area contributed by atoms with Crippen molar-refractivity contribution >= 4 is 29.3 Å². The summed E-state index contributed by atoms with van der Waals surface area (Å²) in [5.41, 5.74) is 3.46. The van der Waals surface area contributed by atoms with E-state index < -0.39 is 0 Å². The van der Waals surface area contributed by atoms with Crippen molar-refractivity contribution in [3.05, 3.63) is 59.2 Å². The van der Waals surface area contributed by atoms with Gasteiger partial charge in [0.05, 0.1) is 12.1 Å². The second-order valence-electron chi connectivity index (χ2n) is 6.64. The largest absolute Gasteiger partial charge is 0.332 e. The fourth-order valence-electron chi connectivity index (χ4n) is 2.68. The SMILES string of the molecule is Cc1cccc(C)c1NC(=O)CN(C)C(=O)c1ccccc1SC(C)C. The molecule has 0 saturated heterocycles. The van der Waals surface area contributed by atoms with Crippen molar-refractivity contribution in [2.75, 3.05) is 18.9 Å². The molecule has 5 heteroatoms. The Balaban J connectivity index is 2.09. The molecule has 2 rings (SSSR count). The molecule has 0 aliphatic rings. The topological polar surface area (TPSA) is 49.4 Å². The van der Waals surface area contributed by atoms with Gasteiger partial charge in [0.2, 0.25) is 5.91 Å². The summed E-state index contributed by atoms with van der Waals surface area (Å²) in [4.78, 5) is 27.6. The number of likely N-dealkylation sites (N-methyl/N-ethyl adjacent to an activating group) is 1. The van der Waals surface area contributed by atoms with Gasteiger partial charge in [-0.05, 0) is 37.1 Å². The number of benzene rings is 2. The van der Waals surface area contributed by atoms with E-state index in [1.807, 2.05) is 56.3 Å². The molecule has 0 aliphatic carbocycles. The van der Waals surface area contributed by atoms with E-state index in [1.165, 1.54) is 4.90 Å². The zero-order valence-electron chi connectivity index (χ0n) is 16.0. The number of hydrogen-bond donors (Lipinski definition) is 1. The van der Waals surface area contributed by atoms with E-state index in [4.69, 9.17) is 0 Å². The van der Waals surface area contributed by atoms with Gasteiger partial charge < -0.3 is 10.2 Å². The molecule has 0 saturated carbocycles. The van der Waals surface area contributed by atoms with Gasteiger partial charge in [0, 0.05) is 22.9 Å².